The van der Waals surface area contributed by atoms with Gasteiger partial charge in [0.15, 0.2) is 0 Å². The molecule has 0 atom stereocenters. The van der Waals surface area contributed by atoms with E-state index in [4.69, 9.17) is 0 Å². The van der Waals surface area contributed by atoms with Crippen LogP contribution in [0.25, 0.3) is 0 Å². The Morgan fingerprint density at radius 1 is 1.20 bits per heavy atom. The third kappa shape index (κ3) is 4.04. The third-order valence-corrected chi connectivity index (χ3v) is 7.54. The minimum absolute atomic E-state index is 0.0894. The maximum absolute atomic E-state index is 12.6. The normalized spacial score (nSPS) is 20.9. The molecule has 8 nitrogen and oxygen atoms in total. The molecule has 0 unspecified atom stereocenters. The van der Waals surface area contributed by atoms with Gasteiger partial charge in [-0.1, -0.05) is 0 Å². The van der Waals surface area contributed by atoms with Crippen molar-refractivity contribution >= 4 is 21.6 Å². The Morgan fingerprint density at radius 3 is 2.40 bits per heavy atom. The van der Waals surface area contributed by atoms with Crippen LogP contribution in [0.15, 0.2) is 0 Å². The highest BCUT2D eigenvalue weighted by Gasteiger charge is 2.36. The molecule has 0 saturated carbocycles. The smallest absolute Gasteiger partial charge is 0.238 e. The van der Waals surface area contributed by atoms with E-state index in [1.807, 2.05) is 18.7 Å². The molecule has 1 aromatic rings. The third-order valence-electron chi connectivity index (χ3n) is 5.14. The number of nitrogens with one attached hydrogen (secondary N) is 2. The van der Waals surface area contributed by atoms with Gasteiger partial charge in [0.2, 0.25) is 15.9 Å². The number of nitrogens with zero attached hydrogens (tertiary/aromatic N) is 3. The molecule has 9 heteroatoms. The van der Waals surface area contributed by atoms with Gasteiger partial charge in [-0.15, -0.1) is 0 Å². The highest BCUT2D eigenvalue weighted by Crippen LogP contribution is 2.24. The zero-order chi connectivity index (χ0) is 18.0. The van der Waals surface area contributed by atoms with Crippen molar-refractivity contribution in [3.63, 3.8) is 0 Å². The van der Waals surface area contributed by atoms with Gasteiger partial charge in [-0.3, -0.25) is 14.8 Å². The van der Waals surface area contributed by atoms with E-state index in [9.17, 15) is 13.2 Å². The topological polar surface area (TPSA) is 98.4 Å². The number of aromatic nitrogens is 2. The fourth-order valence-electron chi connectivity index (χ4n) is 3.64. The quantitative estimate of drug-likeness (QED) is 0.802. The average molecular weight is 369 g/mol. The number of hydrogen-bond donors (Lipinski definition) is 2. The number of rotatable bonds is 5. The molecule has 1 amide bonds. The molecule has 0 radical (unpaired) electrons. The first kappa shape index (κ1) is 18.3. The predicted octanol–water partition coefficient (Wildman–Crippen LogP) is 0.855. The van der Waals surface area contributed by atoms with E-state index in [0.717, 1.165) is 29.9 Å². The Balaban J connectivity index is 1.50. The maximum atomic E-state index is 12.6. The molecular formula is C16H27N5O3S. The number of likely N-dealkylation sites (tertiary alicyclic amines) is 1. The van der Waals surface area contributed by atoms with E-state index >= 15 is 0 Å². The van der Waals surface area contributed by atoms with Crippen LogP contribution >= 0.6 is 0 Å². The SMILES string of the molecule is Cc1n[nH]c(C)c1NC(=O)CN1CCC(S(=O)(=O)N2CCCC2)CC1. The molecule has 1 aromatic heterocycles. The van der Waals surface area contributed by atoms with E-state index in [0.29, 0.717) is 39.0 Å². The highest BCUT2D eigenvalue weighted by atomic mass is 32.2. The van der Waals surface area contributed by atoms with Crippen molar-refractivity contribution in [1.29, 1.82) is 0 Å². The van der Waals surface area contributed by atoms with Gasteiger partial charge in [0, 0.05) is 13.1 Å². The van der Waals surface area contributed by atoms with Crippen molar-refractivity contribution in [1.82, 2.24) is 19.4 Å². The Labute approximate surface area is 149 Å². The Morgan fingerprint density at radius 2 is 1.84 bits per heavy atom. The molecule has 0 aliphatic carbocycles. The second-order valence-electron chi connectivity index (χ2n) is 6.98. The fraction of sp³-hybridized carbons (Fsp3) is 0.750. The van der Waals surface area contributed by atoms with Gasteiger partial charge in [-0.2, -0.15) is 5.10 Å². The summed E-state index contributed by atoms with van der Waals surface area (Å²) < 4.78 is 26.9. The zero-order valence-corrected chi connectivity index (χ0v) is 15.7. The number of aryl methyl sites for hydroxylation is 2. The van der Waals surface area contributed by atoms with E-state index in [1.54, 1.807) is 4.31 Å². The molecule has 0 spiro atoms. The fourth-order valence-corrected chi connectivity index (χ4v) is 5.63. The summed E-state index contributed by atoms with van der Waals surface area (Å²) in [6, 6.07) is 0. The lowest BCUT2D eigenvalue weighted by Gasteiger charge is -2.33. The van der Waals surface area contributed by atoms with Crippen LogP contribution in [0.3, 0.4) is 0 Å². The minimum atomic E-state index is -3.17. The summed E-state index contributed by atoms with van der Waals surface area (Å²) in [4.78, 5) is 14.3. The summed E-state index contributed by atoms with van der Waals surface area (Å²) in [6.07, 6.45) is 3.11. The Bertz CT molecular complexity index is 697. The van der Waals surface area contributed by atoms with Gasteiger partial charge < -0.3 is 5.32 Å². The largest absolute Gasteiger partial charge is 0.322 e. The van der Waals surface area contributed by atoms with Crippen molar-refractivity contribution in [2.24, 2.45) is 0 Å². The first-order valence-electron chi connectivity index (χ1n) is 8.90. The van der Waals surface area contributed by atoms with Crippen LogP contribution in [0.1, 0.15) is 37.1 Å². The second-order valence-corrected chi connectivity index (χ2v) is 9.20. The lowest BCUT2D eigenvalue weighted by molar-refractivity contribution is -0.117. The van der Waals surface area contributed by atoms with Gasteiger partial charge in [0.05, 0.1) is 28.9 Å². The number of H-pyrrole nitrogens is 1. The van der Waals surface area contributed by atoms with E-state index in [2.05, 4.69) is 15.5 Å². The highest BCUT2D eigenvalue weighted by molar-refractivity contribution is 7.89. The van der Waals surface area contributed by atoms with E-state index in [1.165, 1.54) is 0 Å². The molecule has 2 saturated heterocycles. The molecule has 0 bridgehead atoms. The summed E-state index contributed by atoms with van der Waals surface area (Å²) in [6.45, 7) is 6.57. The maximum Gasteiger partial charge on any atom is 0.238 e. The summed E-state index contributed by atoms with van der Waals surface area (Å²) in [5, 5.41) is 9.50. The molecule has 2 N–H and O–H groups in total. The summed E-state index contributed by atoms with van der Waals surface area (Å²) in [5.41, 5.74) is 2.33. The average Bonchev–Trinajstić information content (AvgIpc) is 3.22. The minimum Gasteiger partial charge on any atom is -0.322 e. The molecule has 3 heterocycles. The Hall–Kier alpha value is -1.45. The predicted molar refractivity (Wildman–Crippen MR) is 95.9 cm³/mol. The molecule has 0 aromatic carbocycles. The van der Waals surface area contributed by atoms with Crippen LogP contribution in [0, 0.1) is 13.8 Å². The van der Waals surface area contributed by atoms with Gasteiger partial charge >= 0.3 is 0 Å². The monoisotopic (exact) mass is 369 g/mol. The van der Waals surface area contributed by atoms with Gasteiger partial charge in [-0.25, -0.2) is 12.7 Å². The van der Waals surface area contributed by atoms with Crippen LogP contribution in [-0.4, -0.2) is 71.7 Å². The molecule has 3 rings (SSSR count). The van der Waals surface area contributed by atoms with E-state index < -0.39 is 10.0 Å². The van der Waals surface area contributed by atoms with Gasteiger partial charge in [-0.05, 0) is 52.6 Å². The molecular weight excluding hydrogens is 342 g/mol. The summed E-state index contributed by atoms with van der Waals surface area (Å²) in [5.74, 6) is -0.0894. The van der Waals surface area contributed by atoms with Crippen molar-refractivity contribution in [3.05, 3.63) is 11.4 Å². The van der Waals surface area contributed by atoms with Crippen molar-refractivity contribution < 1.29 is 13.2 Å². The Kier molecular flexibility index (Phi) is 5.45. The standard InChI is InChI=1S/C16H27N5O3S/c1-12-16(13(2)19-18-12)17-15(22)11-20-9-5-14(6-10-20)25(23,24)21-7-3-4-8-21/h14H,3-11H2,1-2H3,(H,17,22)(H,18,19). The number of aromatic amines is 1. The van der Waals surface area contributed by atoms with Crippen LogP contribution < -0.4 is 5.32 Å². The van der Waals surface area contributed by atoms with Crippen LogP contribution in [-0.2, 0) is 14.8 Å². The number of anilines is 1. The number of carbonyl (C=O) groups is 1. The van der Waals surface area contributed by atoms with Crippen molar-refractivity contribution in [2.75, 3.05) is 38.0 Å². The molecule has 2 fully saturated rings. The molecule has 2 aliphatic heterocycles. The van der Waals surface area contributed by atoms with Gasteiger partial charge in [0.25, 0.3) is 0 Å². The van der Waals surface area contributed by atoms with Crippen LogP contribution in [0.5, 0.6) is 0 Å². The van der Waals surface area contributed by atoms with Crippen LogP contribution in [0.4, 0.5) is 5.69 Å². The van der Waals surface area contributed by atoms with E-state index in [-0.39, 0.29) is 17.7 Å². The first-order valence-corrected chi connectivity index (χ1v) is 10.4. The molecule has 140 valence electrons. The zero-order valence-electron chi connectivity index (χ0n) is 14.9. The number of carbonyl (C=O) groups excluding carboxylic acids is 1. The number of piperidine rings is 1. The molecule has 2 aliphatic rings. The summed E-state index contributed by atoms with van der Waals surface area (Å²) >= 11 is 0. The van der Waals surface area contributed by atoms with Gasteiger partial charge in [0.1, 0.15) is 0 Å². The van der Waals surface area contributed by atoms with Crippen molar-refractivity contribution in [2.45, 2.75) is 44.8 Å². The lowest BCUT2D eigenvalue weighted by Crippen LogP contribution is -2.46. The number of hydrogen-bond acceptors (Lipinski definition) is 5. The first-order chi connectivity index (χ1) is 11.9. The lowest BCUT2D eigenvalue weighted by atomic mass is 10.1. The molecule has 25 heavy (non-hydrogen) atoms. The summed E-state index contributed by atoms with van der Waals surface area (Å²) in [7, 11) is -3.17. The number of amides is 1. The number of sulfonamides is 1. The van der Waals surface area contributed by atoms with Crippen molar-refractivity contribution in [3.8, 4) is 0 Å². The second kappa shape index (κ2) is 7.43. The van der Waals surface area contributed by atoms with Crippen LogP contribution in [0.2, 0.25) is 0 Å².